The summed E-state index contributed by atoms with van der Waals surface area (Å²) in [5.41, 5.74) is 1.89. The smallest absolute Gasteiger partial charge is 0.0406 e. The summed E-state index contributed by atoms with van der Waals surface area (Å²) in [6, 6.07) is 8.13. The van der Waals surface area contributed by atoms with E-state index in [0.29, 0.717) is 5.41 Å². The molecule has 0 radical (unpaired) electrons. The van der Waals surface area contributed by atoms with Crippen LogP contribution in [0.2, 0.25) is 5.02 Å². The Morgan fingerprint density at radius 1 is 1.31 bits per heavy atom. The maximum Gasteiger partial charge on any atom is 0.0406 e. The fourth-order valence-corrected chi connectivity index (χ4v) is 2.90. The second-order valence-electron chi connectivity index (χ2n) is 4.93. The molecule has 1 aromatic carbocycles. The molecule has 1 nitrogen and oxygen atoms in total. The highest BCUT2D eigenvalue weighted by Gasteiger charge is 2.41. The molecule has 0 saturated heterocycles. The highest BCUT2D eigenvalue weighted by Crippen LogP contribution is 2.47. The van der Waals surface area contributed by atoms with E-state index in [1.165, 1.54) is 24.9 Å². The first-order chi connectivity index (χ1) is 7.63. The van der Waals surface area contributed by atoms with E-state index < -0.39 is 0 Å². The van der Waals surface area contributed by atoms with E-state index in [-0.39, 0.29) is 0 Å². The molecule has 2 rings (SSSR count). The Labute approximate surface area is 111 Å². The van der Waals surface area contributed by atoms with Crippen molar-refractivity contribution in [1.82, 2.24) is 4.90 Å². The van der Waals surface area contributed by atoms with Crippen molar-refractivity contribution in [1.29, 1.82) is 0 Å². The minimum absolute atomic E-state index is 0.557. The Balaban J connectivity index is 1.87. The normalized spacial score (nSPS) is 17.8. The van der Waals surface area contributed by atoms with Crippen molar-refractivity contribution >= 4 is 27.5 Å². The summed E-state index contributed by atoms with van der Waals surface area (Å²) < 4.78 is 0. The van der Waals surface area contributed by atoms with Crippen molar-refractivity contribution in [3.63, 3.8) is 0 Å². The van der Waals surface area contributed by atoms with Crippen molar-refractivity contribution in [3.05, 3.63) is 34.9 Å². The Bertz CT molecular complexity index is 345. The number of nitrogens with zero attached hydrogens (tertiary/aromatic N) is 1. The molecule has 3 heteroatoms. The lowest BCUT2D eigenvalue weighted by molar-refractivity contribution is 0.271. The summed E-state index contributed by atoms with van der Waals surface area (Å²) in [6.45, 7) is 2.19. The number of benzene rings is 1. The molecule has 1 saturated carbocycles. The first-order valence-corrected chi connectivity index (χ1v) is 7.12. The van der Waals surface area contributed by atoms with Crippen LogP contribution < -0.4 is 0 Å². The van der Waals surface area contributed by atoms with Gasteiger partial charge in [-0.25, -0.2) is 0 Å². The predicted molar refractivity (Wildman–Crippen MR) is 73.2 cm³/mol. The summed E-state index contributed by atoms with van der Waals surface area (Å²) >= 11 is 9.48. The monoisotopic (exact) mass is 301 g/mol. The molecule has 0 aliphatic heterocycles. The van der Waals surface area contributed by atoms with Gasteiger partial charge in [-0.1, -0.05) is 39.7 Å². The minimum atomic E-state index is 0.557. The van der Waals surface area contributed by atoms with E-state index in [9.17, 15) is 0 Å². The maximum absolute atomic E-state index is 5.87. The number of hydrogen-bond donors (Lipinski definition) is 0. The van der Waals surface area contributed by atoms with Gasteiger partial charge in [0.05, 0.1) is 0 Å². The molecule has 0 bridgehead atoms. The summed E-state index contributed by atoms with van der Waals surface area (Å²) in [5, 5.41) is 1.94. The zero-order valence-electron chi connectivity index (χ0n) is 9.55. The topological polar surface area (TPSA) is 3.24 Å². The summed E-state index contributed by atoms with van der Waals surface area (Å²) in [6.07, 6.45) is 2.73. The zero-order valence-corrected chi connectivity index (χ0v) is 11.9. The number of alkyl halides is 1. The van der Waals surface area contributed by atoms with Crippen LogP contribution in [-0.2, 0) is 6.54 Å². The quantitative estimate of drug-likeness (QED) is 0.745. The van der Waals surface area contributed by atoms with Gasteiger partial charge in [-0.05, 0) is 43.0 Å². The lowest BCUT2D eigenvalue weighted by Gasteiger charge is -2.22. The fourth-order valence-electron chi connectivity index (χ4n) is 2.04. The van der Waals surface area contributed by atoms with Gasteiger partial charge < -0.3 is 4.90 Å². The highest BCUT2D eigenvalue weighted by molar-refractivity contribution is 9.09. The number of rotatable bonds is 5. The van der Waals surface area contributed by atoms with Gasteiger partial charge in [0.25, 0.3) is 0 Å². The van der Waals surface area contributed by atoms with Gasteiger partial charge in [0.2, 0.25) is 0 Å². The molecule has 16 heavy (non-hydrogen) atoms. The van der Waals surface area contributed by atoms with Gasteiger partial charge in [0, 0.05) is 23.4 Å². The van der Waals surface area contributed by atoms with Crippen LogP contribution in [0.3, 0.4) is 0 Å². The van der Waals surface area contributed by atoms with Crippen LogP contribution in [0.5, 0.6) is 0 Å². The molecule has 0 aromatic heterocycles. The van der Waals surface area contributed by atoms with E-state index in [1.807, 2.05) is 12.1 Å². The van der Waals surface area contributed by atoms with Crippen LogP contribution in [0.25, 0.3) is 0 Å². The molecular formula is C13H17BrClN. The Kier molecular flexibility index (Phi) is 3.93. The lowest BCUT2D eigenvalue weighted by Crippen LogP contribution is -2.27. The van der Waals surface area contributed by atoms with Crippen molar-refractivity contribution in [3.8, 4) is 0 Å². The van der Waals surface area contributed by atoms with Gasteiger partial charge in [-0.15, -0.1) is 0 Å². The standard InChI is InChI=1S/C13H17BrClN/c1-16(10-13(9-14)6-7-13)8-11-2-4-12(15)5-3-11/h2-5H,6-10H2,1H3. The van der Waals surface area contributed by atoms with E-state index in [0.717, 1.165) is 16.9 Å². The molecule has 0 unspecified atom stereocenters. The average molecular weight is 303 g/mol. The van der Waals surface area contributed by atoms with Crippen LogP contribution in [0.1, 0.15) is 18.4 Å². The molecule has 1 aliphatic carbocycles. The summed E-state index contributed by atoms with van der Waals surface area (Å²) in [7, 11) is 2.19. The second-order valence-corrected chi connectivity index (χ2v) is 5.93. The van der Waals surface area contributed by atoms with Crippen LogP contribution >= 0.6 is 27.5 Å². The van der Waals surface area contributed by atoms with Crippen LogP contribution in [0.4, 0.5) is 0 Å². The van der Waals surface area contributed by atoms with Crippen molar-refractivity contribution in [2.45, 2.75) is 19.4 Å². The van der Waals surface area contributed by atoms with Crippen molar-refractivity contribution in [2.75, 3.05) is 18.9 Å². The van der Waals surface area contributed by atoms with E-state index in [4.69, 9.17) is 11.6 Å². The van der Waals surface area contributed by atoms with Gasteiger partial charge >= 0.3 is 0 Å². The molecule has 1 aliphatic rings. The number of halogens is 2. The van der Waals surface area contributed by atoms with Crippen LogP contribution in [0.15, 0.2) is 24.3 Å². The first-order valence-electron chi connectivity index (χ1n) is 5.63. The third-order valence-corrected chi connectivity index (χ3v) is 4.65. The predicted octanol–water partition coefficient (Wildman–Crippen LogP) is 3.95. The first kappa shape index (κ1) is 12.4. The molecule has 0 heterocycles. The third kappa shape index (κ3) is 3.22. The maximum atomic E-state index is 5.87. The van der Waals surface area contributed by atoms with Gasteiger partial charge in [-0.2, -0.15) is 0 Å². The largest absolute Gasteiger partial charge is 0.302 e. The molecule has 0 N–H and O–H groups in total. The van der Waals surface area contributed by atoms with Gasteiger partial charge in [0.1, 0.15) is 0 Å². The molecular weight excluding hydrogens is 286 g/mol. The van der Waals surface area contributed by atoms with Crippen molar-refractivity contribution < 1.29 is 0 Å². The lowest BCUT2D eigenvalue weighted by atomic mass is 10.1. The van der Waals surface area contributed by atoms with Crippen LogP contribution in [0, 0.1) is 5.41 Å². The Morgan fingerprint density at radius 2 is 1.94 bits per heavy atom. The second kappa shape index (κ2) is 5.07. The summed E-state index contributed by atoms with van der Waals surface area (Å²) in [4.78, 5) is 2.40. The minimum Gasteiger partial charge on any atom is -0.302 e. The van der Waals surface area contributed by atoms with Gasteiger partial charge in [0.15, 0.2) is 0 Å². The third-order valence-electron chi connectivity index (χ3n) is 3.21. The van der Waals surface area contributed by atoms with Crippen LogP contribution in [-0.4, -0.2) is 23.8 Å². The Hall–Kier alpha value is -0.0500. The fraction of sp³-hybridized carbons (Fsp3) is 0.538. The number of hydrogen-bond acceptors (Lipinski definition) is 1. The SMILES string of the molecule is CN(Cc1ccc(Cl)cc1)CC1(CBr)CC1. The zero-order chi connectivity index (χ0) is 11.6. The molecule has 1 fully saturated rings. The van der Waals surface area contributed by atoms with E-state index >= 15 is 0 Å². The Morgan fingerprint density at radius 3 is 2.44 bits per heavy atom. The molecule has 1 aromatic rings. The molecule has 0 atom stereocenters. The van der Waals surface area contributed by atoms with Gasteiger partial charge in [-0.3, -0.25) is 0 Å². The summed E-state index contributed by atoms with van der Waals surface area (Å²) in [5.74, 6) is 0. The molecule has 0 spiro atoms. The van der Waals surface area contributed by atoms with E-state index in [2.05, 4.69) is 40.0 Å². The van der Waals surface area contributed by atoms with E-state index in [1.54, 1.807) is 0 Å². The molecule has 0 amide bonds. The molecule has 88 valence electrons. The average Bonchev–Trinajstić information content (AvgIpc) is 3.02. The highest BCUT2D eigenvalue weighted by atomic mass is 79.9. The van der Waals surface area contributed by atoms with Crippen molar-refractivity contribution in [2.24, 2.45) is 5.41 Å².